The number of hydrogen-bond donors (Lipinski definition) is 0. The van der Waals surface area contributed by atoms with E-state index in [4.69, 9.17) is 0 Å². The Morgan fingerprint density at radius 1 is 0.929 bits per heavy atom. The zero-order chi connectivity index (χ0) is 21.5. The molecule has 0 fully saturated rings. The Morgan fingerprint density at radius 2 is 1.50 bits per heavy atom. The van der Waals surface area contributed by atoms with Crippen molar-refractivity contribution in [2.45, 2.75) is 75.2 Å². The molecule has 0 heterocycles. The summed E-state index contributed by atoms with van der Waals surface area (Å²) in [7, 11) is 0. The van der Waals surface area contributed by atoms with E-state index in [0.29, 0.717) is 0 Å². The Morgan fingerprint density at radius 3 is 2.04 bits per heavy atom. The fourth-order valence-corrected chi connectivity index (χ4v) is 3.64. The first-order valence-electron chi connectivity index (χ1n) is 10.8. The van der Waals surface area contributed by atoms with Crippen LogP contribution in [0.2, 0.25) is 0 Å². The van der Waals surface area contributed by atoms with Crippen molar-refractivity contribution in [3.63, 3.8) is 0 Å². The average molecular weight is 379 g/mol. The second kappa shape index (κ2) is 10.4. The molecule has 152 valence electrons. The van der Waals surface area contributed by atoms with E-state index in [0.717, 1.165) is 29.5 Å². The molecule has 0 spiro atoms. The third kappa shape index (κ3) is 5.01. The number of carbonyl (C=O) groups is 1. The highest BCUT2D eigenvalue weighted by molar-refractivity contribution is 6.24. The molecule has 0 unspecified atom stereocenters. The minimum absolute atomic E-state index is 0.160. The molecule has 0 amide bonds. The number of benzene rings is 2. The number of fused-ring (bicyclic) bond motifs is 3. The van der Waals surface area contributed by atoms with E-state index in [1.165, 1.54) is 21.9 Å². The van der Waals surface area contributed by atoms with Gasteiger partial charge in [0.1, 0.15) is 0 Å². The summed E-state index contributed by atoms with van der Waals surface area (Å²) >= 11 is 0. The van der Waals surface area contributed by atoms with Crippen molar-refractivity contribution in [2.24, 2.45) is 5.41 Å². The third-order valence-corrected chi connectivity index (χ3v) is 4.73. The Hall–Kier alpha value is -2.15. The van der Waals surface area contributed by atoms with Crippen LogP contribution in [0.5, 0.6) is 0 Å². The van der Waals surface area contributed by atoms with Crippen LogP contribution in [0.25, 0.3) is 16.3 Å². The fraction of sp³-hybridized carbons (Fsp3) is 0.444. The van der Waals surface area contributed by atoms with Gasteiger partial charge in [-0.2, -0.15) is 0 Å². The molecule has 1 aliphatic carbocycles. The lowest BCUT2D eigenvalue weighted by Crippen LogP contribution is -1.98. The normalized spacial score (nSPS) is 13.2. The predicted molar refractivity (Wildman–Crippen MR) is 126 cm³/mol. The van der Waals surface area contributed by atoms with Gasteiger partial charge in [0.15, 0.2) is 5.78 Å². The number of rotatable bonds is 3. The number of carbonyl (C=O) groups excluding carboxylic acids is 1. The van der Waals surface area contributed by atoms with Crippen LogP contribution in [0.3, 0.4) is 0 Å². The molecule has 28 heavy (non-hydrogen) atoms. The lowest BCUT2D eigenvalue weighted by atomic mass is 9.91. The van der Waals surface area contributed by atoms with Crippen LogP contribution in [-0.4, -0.2) is 5.78 Å². The monoisotopic (exact) mass is 378 g/mol. The number of ketones is 1. The first kappa shape index (κ1) is 23.9. The Labute approximate surface area is 172 Å². The summed E-state index contributed by atoms with van der Waals surface area (Å²) in [5, 5.41) is 2.46. The van der Waals surface area contributed by atoms with E-state index < -0.39 is 0 Å². The van der Waals surface area contributed by atoms with E-state index in [1.807, 2.05) is 27.7 Å². The van der Waals surface area contributed by atoms with Crippen molar-refractivity contribution in [1.29, 1.82) is 0 Å². The van der Waals surface area contributed by atoms with Crippen LogP contribution >= 0.6 is 0 Å². The van der Waals surface area contributed by atoms with Gasteiger partial charge in [0.05, 0.1) is 0 Å². The number of aryl methyl sites for hydroxylation is 1. The molecular formula is C27H38O. The maximum Gasteiger partial charge on any atom is 0.189 e. The molecule has 1 aliphatic rings. The highest BCUT2D eigenvalue weighted by Crippen LogP contribution is 2.42. The maximum atomic E-state index is 12.9. The van der Waals surface area contributed by atoms with E-state index in [9.17, 15) is 4.79 Å². The molecule has 0 bridgehead atoms. The number of hydrogen-bond acceptors (Lipinski definition) is 1. The van der Waals surface area contributed by atoms with Crippen molar-refractivity contribution >= 4 is 22.1 Å². The van der Waals surface area contributed by atoms with Crippen LogP contribution in [0.1, 0.15) is 89.7 Å². The topological polar surface area (TPSA) is 17.1 Å². The van der Waals surface area contributed by atoms with Gasteiger partial charge < -0.3 is 0 Å². The standard InChI is InChI=1S/C23H26O.2C2H6/c1-6-16-18(12-9-13-23(3,4)5)21-19-11-8-7-10-17(19)15(2)14-20(21)22(16)24;2*1-2/h7-11,13-14H,6,12H2,1-5H3;2*1-2H3/b13-9-;;. The highest BCUT2D eigenvalue weighted by atomic mass is 16.1. The summed E-state index contributed by atoms with van der Waals surface area (Å²) in [5.41, 5.74) is 5.60. The van der Waals surface area contributed by atoms with Crippen LogP contribution < -0.4 is 0 Å². The summed E-state index contributed by atoms with van der Waals surface area (Å²) in [6.45, 7) is 18.8. The quantitative estimate of drug-likeness (QED) is 0.489. The second-order valence-corrected chi connectivity index (χ2v) is 7.77. The second-order valence-electron chi connectivity index (χ2n) is 7.77. The first-order valence-corrected chi connectivity index (χ1v) is 10.8. The van der Waals surface area contributed by atoms with Gasteiger partial charge in [-0.05, 0) is 58.7 Å². The van der Waals surface area contributed by atoms with Gasteiger partial charge in [0, 0.05) is 11.1 Å². The van der Waals surface area contributed by atoms with E-state index >= 15 is 0 Å². The Bertz CT molecular complexity index is 873. The average Bonchev–Trinajstić information content (AvgIpc) is 2.95. The van der Waals surface area contributed by atoms with Crippen molar-refractivity contribution in [3.05, 3.63) is 64.7 Å². The molecule has 0 saturated heterocycles. The van der Waals surface area contributed by atoms with Crippen LogP contribution in [0.15, 0.2) is 48.1 Å². The minimum Gasteiger partial charge on any atom is -0.289 e. The molecule has 0 aliphatic heterocycles. The molecule has 0 radical (unpaired) electrons. The molecule has 0 atom stereocenters. The minimum atomic E-state index is 0.160. The smallest absolute Gasteiger partial charge is 0.189 e. The van der Waals surface area contributed by atoms with Crippen LogP contribution in [0.4, 0.5) is 0 Å². The van der Waals surface area contributed by atoms with Gasteiger partial charge >= 0.3 is 0 Å². The van der Waals surface area contributed by atoms with Gasteiger partial charge in [0.2, 0.25) is 0 Å². The Kier molecular flexibility index (Phi) is 8.88. The van der Waals surface area contributed by atoms with E-state index in [2.05, 4.69) is 77.1 Å². The molecular weight excluding hydrogens is 340 g/mol. The largest absolute Gasteiger partial charge is 0.289 e. The molecule has 1 nitrogen and oxygen atoms in total. The van der Waals surface area contributed by atoms with Crippen LogP contribution in [-0.2, 0) is 0 Å². The molecule has 1 heteroatoms. The van der Waals surface area contributed by atoms with Crippen LogP contribution in [0, 0.1) is 12.3 Å². The van der Waals surface area contributed by atoms with Crippen molar-refractivity contribution in [2.75, 3.05) is 0 Å². The van der Waals surface area contributed by atoms with Crippen molar-refractivity contribution < 1.29 is 4.79 Å². The number of allylic oxidation sites excluding steroid dienone is 4. The number of Topliss-reactive ketones (excluding diaryl/α,β-unsaturated/α-hetero) is 1. The summed E-state index contributed by atoms with van der Waals surface area (Å²) in [6.07, 6.45) is 6.08. The van der Waals surface area contributed by atoms with E-state index in [-0.39, 0.29) is 11.2 Å². The van der Waals surface area contributed by atoms with Crippen molar-refractivity contribution in [3.8, 4) is 0 Å². The SMILES string of the molecule is CC.CC.CCC1=C(C/C=C\C(C)(C)C)c2c(cc(C)c3ccccc23)C1=O. The van der Waals surface area contributed by atoms with Crippen molar-refractivity contribution in [1.82, 2.24) is 0 Å². The maximum absolute atomic E-state index is 12.9. The van der Waals surface area contributed by atoms with Gasteiger partial charge in [-0.3, -0.25) is 4.79 Å². The van der Waals surface area contributed by atoms with E-state index in [1.54, 1.807) is 0 Å². The summed E-state index contributed by atoms with van der Waals surface area (Å²) in [6, 6.07) is 10.5. The zero-order valence-electron chi connectivity index (χ0n) is 19.4. The van der Waals surface area contributed by atoms with Gasteiger partial charge in [0.25, 0.3) is 0 Å². The molecule has 0 N–H and O–H groups in total. The van der Waals surface area contributed by atoms with Gasteiger partial charge in [-0.25, -0.2) is 0 Å². The Balaban J connectivity index is 0.000000921. The fourth-order valence-electron chi connectivity index (χ4n) is 3.64. The first-order chi connectivity index (χ1) is 13.3. The molecule has 2 aromatic carbocycles. The lowest BCUT2D eigenvalue weighted by Gasteiger charge is -2.13. The highest BCUT2D eigenvalue weighted by Gasteiger charge is 2.29. The van der Waals surface area contributed by atoms with Gasteiger partial charge in [-0.15, -0.1) is 0 Å². The molecule has 2 aromatic rings. The summed E-state index contributed by atoms with van der Waals surface area (Å²) in [5.74, 6) is 0.223. The third-order valence-electron chi connectivity index (χ3n) is 4.73. The lowest BCUT2D eigenvalue weighted by molar-refractivity contribution is 0.103. The zero-order valence-corrected chi connectivity index (χ0v) is 19.4. The summed E-state index contributed by atoms with van der Waals surface area (Å²) in [4.78, 5) is 12.9. The molecule has 0 saturated carbocycles. The van der Waals surface area contributed by atoms with Gasteiger partial charge in [-0.1, -0.05) is 91.8 Å². The molecule has 0 aromatic heterocycles. The molecule has 3 rings (SSSR count). The summed E-state index contributed by atoms with van der Waals surface area (Å²) < 4.78 is 0. The predicted octanol–water partition coefficient (Wildman–Crippen LogP) is 8.55.